The largest absolute Gasteiger partial charge is 0.381 e. The third-order valence-electron chi connectivity index (χ3n) is 3.87. The van der Waals surface area contributed by atoms with Crippen molar-refractivity contribution in [2.24, 2.45) is 0 Å². The molecule has 1 heterocycles. The topological polar surface area (TPSA) is 24.5 Å². The summed E-state index contributed by atoms with van der Waals surface area (Å²) in [7, 11) is 1.83. The molecule has 1 aliphatic carbocycles. The van der Waals surface area contributed by atoms with E-state index in [2.05, 4.69) is 17.1 Å². The summed E-state index contributed by atoms with van der Waals surface area (Å²) in [6.07, 6.45) is 5.73. The molecule has 2 fully saturated rings. The quantitative estimate of drug-likeness (QED) is 0.759. The number of methoxy groups -OCH3 is 1. The standard InChI is InChI=1S/C12H24N2O/c1-3-13-10-5-4-6-14(9-10)11-7-12(8-11)15-2/h10-13H,3-9H2,1-2H3. The maximum atomic E-state index is 5.34. The maximum Gasteiger partial charge on any atom is 0.0601 e. The number of hydrogen-bond donors (Lipinski definition) is 1. The van der Waals surface area contributed by atoms with Gasteiger partial charge in [-0.15, -0.1) is 0 Å². The van der Waals surface area contributed by atoms with E-state index in [1.807, 2.05) is 7.11 Å². The van der Waals surface area contributed by atoms with Crippen LogP contribution >= 0.6 is 0 Å². The molecule has 1 saturated heterocycles. The van der Waals surface area contributed by atoms with E-state index in [0.717, 1.165) is 18.6 Å². The van der Waals surface area contributed by atoms with Crippen LogP contribution in [-0.4, -0.2) is 49.8 Å². The molecule has 3 nitrogen and oxygen atoms in total. The fraction of sp³-hybridized carbons (Fsp3) is 1.00. The number of ether oxygens (including phenoxy) is 1. The average molecular weight is 212 g/mol. The van der Waals surface area contributed by atoms with Gasteiger partial charge in [-0.05, 0) is 38.8 Å². The molecule has 2 rings (SSSR count). The van der Waals surface area contributed by atoms with E-state index >= 15 is 0 Å². The van der Waals surface area contributed by atoms with E-state index in [9.17, 15) is 0 Å². The minimum Gasteiger partial charge on any atom is -0.381 e. The van der Waals surface area contributed by atoms with Crippen molar-refractivity contribution >= 4 is 0 Å². The highest BCUT2D eigenvalue weighted by Crippen LogP contribution is 2.29. The minimum absolute atomic E-state index is 0.537. The van der Waals surface area contributed by atoms with Gasteiger partial charge in [0.05, 0.1) is 6.10 Å². The van der Waals surface area contributed by atoms with E-state index in [-0.39, 0.29) is 0 Å². The second-order valence-electron chi connectivity index (χ2n) is 4.87. The first-order valence-electron chi connectivity index (χ1n) is 6.33. The summed E-state index contributed by atoms with van der Waals surface area (Å²) < 4.78 is 5.34. The first kappa shape index (κ1) is 11.4. The molecule has 1 saturated carbocycles. The maximum absolute atomic E-state index is 5.34. The highest BCUT2D eigenvalue weighted by molar-refractivity contribution is 4.91. The zero-order valence-electron chi connectivity index (χ0n) is 10.0. The summed E-state index contributed by atoms with van der Waals surface area (Å²) in [5.41, 5.74) is 0. The number of likely N-dealkylation sites (N-methyl/N-ethyl adjacent to an activating group) is 1. The van der Waals surface area contributed by atoms with Crippen LogP contribution < -0.4 is 5.32 Å². The number of rotatable bonds is 4. The van der Waals surface area contributed by atoms with Gasteiger partial charge in [0.25, 0.3) is 0 Å². The van der Waals surface area contributed by atoms with Crippen molar-refractivity contribution in [3.05, 3.63) is 0 Å². The first-order chi connectivity index (χ1) is 7.33. The summed E-state index contributed by atoms with van der Waals surface area (Å²) in [5.74, 6) is 0. The molecule has 2 aliphatic rings. The minimum atomic E-state index is 0.537. The van der Waals surface area contributed by atoms with E-state index in [0.29, 0.717) is 6.10 Å². The molecule has 0 radical (unpaired) electrons. The number of hydrogen-bond acceptors (Lipinski definition) is 3. The van der Waals surface area contributed by atoms with E-state index < -0.39 is 0 Å². The summed E-state index contributed by atoms with van der Waals surface area (Å²) in [5, 5.41) is 3.57. The highest BCUT2D eigenvalue weighted by atomic mass is 16.5. The lowest BCUT2D eigenvalue weighted by atomic mass is 9.86. The van der Waals surface area contributed by atoms with Crippen molar-refractivity contribution in [1.82, 2.24) is 10.2 Å². The molecule has 0 aromatic heterocycles. The van der Waals surface area contributed by atoms with Crippen LogP contribution in [0.15, 0.2) is 0 Å². The van der Waals surface area contributed by atoms with Crippen molar-refractivity contribution in [3.63, 3.8) is 0 Å². The van der Waals surface area contributed by atoms with Crippen molar-refractivity contribution in [3.8, 4) is 0 Å². The van der Waals surface area contributed by atoms with Gasteiger partial charge < -0.3 is 10.1 Å². The van der Waals surface area contributed by atoms with E-state index in [1.54, 1.807) is 0 Å². The highest BCUT2D eigenvalue weighted by Gasteiger charge is 2.35. The second-order valence-corrected chi connectivity index (χ2v) is 4.87. The number of piperidine rings is 1. The van der Waals surface area contributed by atoms with Gasteiger partial charge in [0, 0.05) is 25.7 Å². The number of nitrogens with zero attached hydrogens (tertiary/aromatic N) is 1. The summed E-state index contributed by atoms with van der Waals surface area (Å²) in [6.45, 7) is 5.84. The molecule has 0 aromatic carbocycles. The van der Waals surface area contributed by atoms with Crippen LogP contribution in [0.25, 0.3) is 0 Å². The lowest BCUT2D eigenvalue weighted by molar-refractivity contribution is -0.0356. The molecule has 0 bridgehead atoms. The second kappa shape index (κ2) is 5.28. The molecule has 15 heavy (non-hydrogen) atoms. The number of likely N-dealkylation sites (tertiary alicyclic amines) is 1. The summed E-state index contributed by atoms with van der Waals surface area (Å²) >= 11 is 0. The van der Waals surface area contributed by atoms with Crippen molar-refractivity contribution in [2.75, 3.05) is 26.7 Å². The lowest BCUT2D eigenvalue weighted by Gasteiger charge is -2.45. The molecule has 0 spiro atoms. The molecule has 1 atom stereocenters. The van der Waals surface area contributed by atoms with E-state index in [1.165, 1.54) is 38.8 Å². The SMILES string of the molecule is CCNC1CCCN(C2CC(OC)C2)C1. The lowest BCUT2D eigenvalue weighted by Crippen LogP contribution is -2.54. The van der Waals surface area contributed by atoms with Crippen LogP contribution in [0, 0.1) is 0 Å². The smallest absolute Gasteiger partial charge is 0.0601 e. The summed E-state index contributed by atoms with van der Waals surface area (Å²) in [4.78, 5) is 2.66. The van der Waals surface area contributed by atoms with Crippen LogP contribution in [0.5, 0.6) is 0 Å². The molecular weight excluding hydrogens is 188 g/mol. The Balaban J connectivity index is 1.73. The van der Waals surface area contributed by atoms with Crippen LogP contribution in [-0.2, 0) is 4.74 Å². The van der Waals surface area contributed by atoms with Crippen LogP contribution in [0.1, 0.15) is 32.6 Å². The normalized spacial score (nSPS) is 37.6. The van der Waals surface area contributed by atoms with Crippen LogP contribution in [0.3, 0.4) is 0 Å². The molecule has 0 amide bonds. The van der Waals surface area contributed by atoms with Gasteiger partial charge in [-0.3, -0.25) is 4.90 Å². The van der Waals surface area contributed by atoms with Gasteiger partial charge in [-0.25, -0.2) is 0 Å². The Labute approximate surface area is 93.2 Å². The van der Waals surface area contributed by atoms with Crippen molar-refractivity contribution < 1.29 is 4.74 Å². The van der Waals surface area contributed by atoms with Gasteiger partial charge >= 0.3 is 0 Å². The number of nitrogens with one attached hydrogen (secondary N) is 1. The average Bonchev–Trinajstić information content (AvgIpc) is 2.17. The fourth-order valence-electron chi connectivity index (χ4n) is 2.82. The van der Waals surface area contributed by atoms with Crippen molar-refractivity contribution in [2.45, 2.75) is 50.8 Å². The molecule has 1 N–H and O–H groups in total. The zero-order chi connectivity index (χ0) is 10.7. The Morgan fingerprint density at radius 2 is 2.20 bits per heavy atom. The molecular formula is C12H24N2O. The van der Waals surface area contributed by atoms with Gasteiger partial charge in [0.15, 0.2) is 0 Å². The molecule has 1 unspecified atom stereocenters. The van der Waals surface area contributed by atoms with E-state index in [4.69, 9.17) is 4.74 Å². The zero-order valence-corrected chi connectivity index (χ0v) is 10.0. The predicted octanol–water partition coefficient (Wildman–Crippen LogP) is 1.24. The van der Waals surface area contributed by atoms with Gasteiger partial charge in [0.2, 0.25) is 0 Å². The van der Waals surface area contributed by atoms with Crippen LogP contribution in [0.4, 0.5) is 0 Å². The van der Waals surface area contributed by atoms with Gasteiger partial charge in [0.1, 0.15) is 0 Å². The Morgan fingerprint density at radius 3 is 2.87 bits per heavy atom. The third-order valence-corrected chi connectivity index (χ3v) is 3.87. The first-order valence-corrected chi connectivity index (χ1v) is 6.33. The Bertz CT molecular complexity index is 190. The Hall–Kier alpha value is -0.120. The monoisotopic (exact) mass is 212 g/mol. The predicted molar refractivity (Wildman–Crippen MR) is 62.1 cm³/mol. The Morgan fingerprint density at radius 1 is 1.40 bits per heavy atom. The molecule has 0 aromatic rings. The van der Waals surface area contributed by atoms with Crippen LogP contribution in [0.2, 0.25) is 0 Å². The third kappa shape index (κ3) is 2.71. The van der Waals surface area contributed by atoms with Crippen molar-refractivity contribution in [1.29, 1.82) is 0 Å². The molecule has 3 heteroatoms. The van der Waals surface area contributed by atoms with Gasteiger partial charge in [-0.2, -0.15) is 0 Å². The van der Waals surface area contributed by atoms with Gasteiger partial charge in [-0.1, -0.05) is 6.92 Å². The molecule has 1 aliphatic heterocycles. The Kier molecular flexibility index (Phi) is 4.00. The summed E-state index contributed by atoms with van der Waals surface area (Å²) in [6, 6.07) is 1.53. The molecule has 88 valence electrons. The fourth-order valence-corrected chi connectivity index (χ4v) is 2.82.